The number of benzene rings is 1. The fourth-order valence-electron chi connectivity index (χ4n) is 2.14. The highest BCUT2D eigenvalue weighted by atomic mass is 16.4. The normalized spacial score (nSPS) is 18.5. The third-order valence-corrected chi connectivity index (χ3v) is 3.09. The predicted octanol–water partition coefficient (Wildman–Crippen LogP) is -0.192. The lowest BCUT2D eigenvalue weighted by atomic mass is 10.1. The minimum atomic E-state index is -1.16. The number of para-hydroxylation sites is 1. The first kappa shape index (κ1) is 13.9. The van der Waals surface area contributed by atoms with Crippen LogP contribution in [0.1, 0.15) is 16.8 Å². The molecule has 106 valence electrons. The van der Waals surface area contributed by atoms with Crippen molar-refractivity contribution in [3.05, 3.63) is 29.8 Å². The Morgan fingerprint density at radius 2 is 2.05 bits per heavy atom. The molecule has 0 saturated carbocycles. The Labute approximate surface area is 114 Å². The van der Waals surface area contributed by atoms with Crippen molar-refractivity contribution in [2.24, 2.45) is 0 Å². The SMILES string of the molecule is O=C(O)CC1C(=O)NCCN1C(=O)c1ccccc1O. The van der Waals surface area contributed by atoms with E-state index in [2.05, 4.69) is 5.32 Å². The number of nitrogens with zero attached hydrogens (tertiary/aromatic N) is 1. The summed E-state index contributed by atoms with van der Waals surface area (Å²) >= 11 is 0. The van der Waals surface area contributed by atoms with E-state index in [4.69, 9.17) is 5.11 Å². The molecule has 1 unspecified atom stereocenters. The number of amides is 2. The number of carbonyl (C=O) groups excluding carboxylic acids is 2. The fraction of sp³-hybridized carbons (Fsp3) is 0.308. The molecule has 3 N–H and O–H groups in total. The van der Waals surface area contributed by atoms with Crippen molar-refractivity contribution in [1.29, 1.82) is 0 Å². The number of aliphatic carboxylic acids is 1. The topological polar surface area (TPSA) is 107 Å². The highest BCUT2D eigenvalue weighted by Crippen LogP contribution is 2.20. The lowest BCUT2D eigenvalue weighted by Crippen LogP contribution is -2.57. The van der Waals surface area contributed by atoms with Crippen molar-refractivity contribution >= 4 is 17.8 Å². The van der Waals surface area contributed by atoms with Gasteiger partial charge in [-0.1, -0.05) is 12.1 Å². The first-order valence-electron chi connectivity index (χ1n) is 6.09. The molecular weight excluding hydrogens is 264 g/mol. The van der Waals surface area contributed by atoms with Gasteiger partial charge in [0.2, 0.25) is 5.91 Å². The Bertz CT molecular complexity index is 557. The smallest absolute Gasteiger partial charge is 0.305 e. The number of aromatic hydroxyl groups is 1. The Morgan fingerprint density at radius 1 is 1.35 bits per heavy atom. The molecule has 0 radical (unpaired) electrons. The zero-order valence-electron chi connectivity index (χ0n) is 10.6. The molecule has 0 bridgehead atoms. The van der Waals surface area contributed by atoms with E-state index in [1.165, 1.54) is 17.0 Å². The highest BCUT2D eigenvalue weighted by molar-refractivity contribution is 6.00. The summed E-state index contributed by atoms with van der Waals surface area (Å²) < 4.78 is 0. The van der Waals surface area contributed by atoms with Crippen LogP contribution in [0.4, 0.5) is 0 Å². The second-order valence-corrected chi connectivity index (χ2v) is 4.42. The lowest BCUT2D eigenvalue weighted by molar-refractivity contribution is -0.142. The van der Waals surface area contributed by atoms with Crippen LogP contribution >= 0.6 is 0 Å². The largest absolute Gasteiger partial charge is 0.507 e. The molecule has 1 saturated heterocycles. The molecule has 0 aliphatic carbocycles. The van der Waals surface area contributed by atoms with Crippen molar-refractivity contribution in [3.8, 4) is 5.75 Å². The molecule has 2 rings (SSSR count). The van der Waals surface area contributed by atoms with Gasteiger partial charge < -0.3 is 20.4 Å². The van der Waals surface area contributed by atoms with Crippen LogP contribution in [0.5, 0.6) is 5.75 Å². The van der Waals surface area contributed by atoms with Crippen LogP contribution in [0.15, 0.2) is 24.3 Å². The van der Waals surface area contributed by atoms with Gasteiger partial charge in [0.1, 0.15) is 11.8 Å². The number of rotatable bonds is 3. The Morgan fingerprint density at radius 3 is 2.70 bits per heavy atom. The van der Waals surface area contributed by atoms with Crippen LogP contribution in [0.25, 0.3) is 0 Å². The minimum Gasteiger partial charge on any atom is -0.507 e. The molecule has 1 aliphatic rings. The zero-order chi connectivity index (χ0) is 14.7. The monoisotopic (exact) mass is 278 g/mol. The van der Waals surface area contributed by atoms with Crippen LogP contribution in [-0.2, 0) is 9.59 Å². The molecule has 1 aromatic rings. The number of hydrogen-bond donors (Lipinski definition) is 3. The molecular formula is C13H14N2O5. The third-order valence-electron chi connectivity index (χ3n) is 3.09. The summed E-state index contributed by atoms with van der Waals surface area (Å²) in [6, 6.07) is 4.90. The van der Waals surface area contributed by atoms with Crippen LogP contribution in [0, 0.1) is 0 Å². The Balaban J connectivity index is 2.28. The van der Waals surface area contributed by atoms with Gasteiger partial charge in [-0.2, -0.15) is 0 Å². The average Bonchev–Trinajstić information content (AvgIpc) is 2.40. The van der Waals surface area contributed by atoms with E-state index in [1.54, 1.807) is 12.1 Å². The van der Waals surface area contributed by atoms with Crippen LogP contribution in [-0.4, -0.2) is 52.0 Å². The maximum Gasteiger partial charge on any atom is 0.305 e. The fourth-order valence-corrected chi connectivity index (χ4v) is 2.14. The van der Waals surface area contributed by atoms with Gasteiger partial charge in [-0.15, -0.1) is 0 Å². The second-order valence-electron chi connectivity index (χ2n) is 4.42. The van der Waals surface area contributed by atoms with Crippen LogP contribution in [0.2, 0.25) is 0 Å². The molecule has 7 heteroatoms. The van der Waals surface area contributed by atoms with Crippen molar-refractivity contribution in [2.75, 3.05) is 13.1 Å². The second kappa shape index (κ2) is 5.60. The molecule has 0 aromatic heterocycles. The molecule has 0 spiro atoms. The molecule has 1 heterocycles. The first-order chi connectivity index (χ1) is 9.50. The molecule has 1 fully saturated rings. The van der Waals surface area contributed by atoms with E-state index in [-0.39, 0.29) is 24.4 Å². The predicted molar refractivity (Wildman–Crippen MR) is 68.2 cm³/mol. The number of phenolic OH excluding ortho intramolecular Hbond substituents is 1. The quantitative estimate of drug-likeness (QED) is 0.710. The van der Waals surface area contributed by atoms with Crippen molar-refractivity contribution in [2.45, 2.75) is 12.5 Å². The lowest BCUT2D eigenvalue weighted by Gasteiger charge is -2.34. The van der Waals surface area contributed by atoms with E-state index in [0.717, 1.165) is 0 Å². The minimum absolute atomic E-state index is 0.0533. The Kier molecular flexibility index (Phi) is 3.88. The number of nitrogens with one attached hydrogen (secondary N) is 1. The maximum absolute atomic E-state index is 12.4. The van der Waals surface area contributed by atoms with Crippen molar-refractivity contribution < 1.29 is 24.6 Å². The number of carbonyl (C=O) groups is 3. The van der Waals surface area contributed by atoms with Crippen LogP contribution in [0.3, 0.4) is 0 Å². The van der Waals surface area contributed by atoms with E-state index < -0.39 is 30.2 Å². The van der Waals surface area contributed by atoms with Gasteiger partial charge in [0.15, 0.2) is 0 Å². The number of hydrogen-bond acceptors (Lipinski definition) is 4. The first-order valence-corrected chi connectivity index (χ1v) is 6.09. The standard InChI is InChI=1S/C13H14N2O5/c16-10-4-2-1-3-8(10)13(20)15-6-5-14-12(19)9(15)7-11(17)18/h1-4,9,16H,5-7H2,(H,14,19)(H,17,18). The number of phenols is 1. The van der Waals surface area contributed by atoms with E-state index >= 15 is 0 Å². The summed E-state index contributed by atoms with van der Waals surface area (Å²) in [6.07, 6.45) is -0.467. The van der Waals surface area contributed by atoms with Crippen LogP contribution < -0.4 is 5.32 Å². The van der Waals surface area contributed by atoms with Crippen molar-refractivity contribution in [1.82, 2.24) is 10.2 Å². The summed E-state index contributed by atoms with van der Waals surface area (Å²) in [4.78, 5) is 36.1. The third kappa shape index (κ3) is 2.71. The number of carboxylic acid groups (broad SMARTS) is 1. The Hall–Kier alpha value is -2.57. The highest BCUT2D eigenvalue weighted by Gasteiger charge is 2.35. The summed E-state index contributed by atoms with van der Waals surface area (Å²) in [7, 11) is 0. The molecule has 7 nitrogen and oxygen atoms in total. The maximum atomic E-state index is 12.4. The van der Waals surface area contributed by atoms with Gasteiger partial charge in [0.05, 0.1) is 12.0 Å². The summed E-state index contributed by atoms with van der Waals surface area (Å²) in [6.45, 7) is 0.463. The average molecular weight is 278 g/mol. The van der Waals surface area contributed by atoms with Crippen molar-refractivity contribution in [3.63, 3.8) is 0 Å². The number of carboxylic acids is 1. The summed E-state index contributed by atoms with van der Waals surface area (Å²) in [5, 5.41) is 21.1. The number of piperazine rings is 1. The molecule has 1 atom stereocenters. The molecule has 1 aromatic carbocycles. The molecule has 1 aliphatic heterocycles. The van der Waals surface area contributed by atoms with E-state index in [1.807, 2.05) is 0 Å². The summed E-state index contributed by atoms with van der Waals surface area (Å²) in [5.74, 6) is -2.41. The zero-order valence-corrected chi connectivity index (χ0v) is 10.6. The van der Waals surface area contributed by atoms with Gasteiger partial charge in [0, 0.05) is 13.1 Å². The summed E-state index contributed by atoms with van der Waals surface area (Å²) in [5.41, 5.74) is 0.0533. The van der Waals surface area contributed by atoms with E-state index in [0.29, 0.717) is 0 Å². The van der Waals surface area contributed by atoms with E-state index in [9.17, 15) is 19.5 Å². The van der Waals surface area contributed by atoms with Gasteiger partial charge in [-0.05, 0) is 12.1 Å². The van der Waals surface area contributed by atoms with Gasteiger partial charge in [0.25, 0.3) is 5.91 Å². The van der Waals surface area contributed by atoms with Gasteiger partial charge >= 0.3 is 5.97 Å². The van der Waals surface area contributed by atoms with Gasteiger partial charge in [-0.25, -0.2) is 0 Å². The molecule has 2 amide bonds. The van der Waals surface area contributed by atoms with Gasteiger partial charge in [-0.3, -0.25) is 14.4 Å². The molecule has 20 heavy (non-hydrogen) atoms.